The molecule has 0 spiro atoms. The minimum atomic E-state index is -0.0845. The summed E-state index contributed by atoms with van der Waals surface area (Å²) in [5.41, 5.74) is 2.47. The molecule has 2 aromatic rings. The fourth-order valence-corrected chi connectivity index (χ4v) is 3.27. The van der Waals surface area contributed by atoms with Gasteiger partial charge in [-0.05, 0) is 41.3 Å². The number of amides is 2. The van der Waals surface area contributed by atoms with E-state index >= 15 is 0 Å². The average molecular weight is 396 g/mol. The van der Waals surface area contributed by atoms with Gasteiger partial charge < -0.3 is 19.7 Å². The molecular weight excluding hydrogens is 368 g/mol. The number of nitrogens with one attached hydrogen (secondary N) is 1. The minimum absolute atomic E-state index is 0.00724. The van der Waals surface area contributed by atoms with Gasteiger partial charge in [-0.2, -0.15) is 0 Å². The first-order valence-corrected chi connectivity index (χ1v) is 9.70. The van der Waals surface area contributed by atoms with Crippen LogP contribution >= 0.6 is 0 Å². The maximum atomic E-state index is 12.6. The van der Waals surface area contributed by atoms with Crippen LogP contribution in [0, 0.1) is 5.41 Å². The molecule has 6 nitrogen and oxygen atoms in total. The topological polar surface area (TPSA) is 67.9 Å². The monoisotopic (exact) mass is 396 g/mol. The van der Waals surface area contributed by atoms with E-state index in [-0.39, 0.29) is 23.8 Å². The highest BCUT2D eigenvalue weighted by Gasteiger charge is 2.23. The van der Waals surface area contributed by atoms with Crippen LogP contribution in [-0.2, 0) is 22.7 Å². The number of anilines is 1. The van der Waals surface area contributed by atoms with Crippen molar-refractivity contribution in [3.05, 3.63) is 53.6 Å². The van der Waals surface area contributed by atoms with Gasteiger partial charge in [-0.3, -0.25) is 9.59 Å². The highest BCUT2D eigenvalue weighted by atomic mass is 16.5. The van der Waals surface area contributed by atoms with Gasteiger partial charge in [-0.25, -0.2) is 0 Å². The van der Waals surface area contributed by atoms with Crippen molar-refractivity contribution < 1.29 is 19.1 Å². The van der Waals surface area contributed by atoms with Crippen LogP contribution in [0.5, 0.6) is 11.5 Å². The molecule has 0 atom stereocenters. The molecular formula is C23H28N2O4. The van der Waals surface area contributed by atoms with E-state index in [2.05, 4.69) is 5.32 Å². The number of methoxy groups -OCH3 is 1. The van der Waals surface area contributed by atoms with Crippen molar-refractivity contribution in [3.63, 3.8) is 0 Å². The molecule has 154 valence electrons. The highest BCUT2D eigenvalue weighted by molar-refractivity contribution is 5.91. The van der Waals surface area contributed by atoms with Gasteiger partial charge in [0.05, 0.1) is 7.11 Å². The fourth-order valence-electron chi connectivity index (χ4n) is 3.27. The van der Waals surface area contributed by atoms with Gasteiger partial charge >= 0.3 is 0 Å². The summed E-state index contributed by atoms with van der Waals surface area (Å²) in [6, 6.07) is 13.2. The van der Waals surface area contributed by atoms with Crippen LogP contribution in [0.3, 0.4) is 0 Å². The Morgan fingerprint density at radius 1 is 1.21 bits per heavy atom. The standard InChI is InChI=1S/C23H28N2O4/c1-23(2,3)12-21(26)24-18-8-9-20-17(11-18)14-25(22(27)15-29-20)13-16-6-5-7-19(10-16)28-4/h5-11H,12-15H2,1-4H3,(H,24,26). The Kier molecular flexibility index (Phi) is 6.11. The molecule has 0 fully saturated rings. The molecule has 3 rings (SSSR count). The summed E-state index contributed by atoms with van der Waals surface area (Å²) < 4.78 is 11.0. The lowest BCUT2D eigenvalue weighted by molar-refractivity contribution is -0.133. The van der Waals surface area contributed by atoms with Crippen molar-refractivity contribution in [1.82, 2.24) is 4.90 Å². The van der Waals surface area contributed by atoms with Crippen LogP contribution in [0.15, 0.2) is 42.5 Å². The normalized spacial score (nSPS) is 13.9. The van der Waals surface area contributed by atoms with E-state index in [9.17, 15) is 9.59 Å². The van der Waals surface area contributed by atoms with Gasteiger partial charge in [0.1, 0.15) is 11.5 Å². The zero-order valence-electron chi connectivity index (χ0n) is 17.5. The Hall–Kier alpha value is -3.02. The van der Waals surface area contributed by atoms with E-state index in [1.165, 1.54) is 0 Å². The minimum Gasteiger partial charge on any atom is -0.497 e. The predicted octanol–water partition coefficient (Wildman–Crippen LogP) is 3.99. The fraction of sp³-hybridized carbons (Fsp3) is 0.391. The van der Waals surface area contributed by atoms with Crippen LogP contribution in [0.4, 0.5) is 5.69 Å². The third-order valence-corrected chi connectivity index (χ3v) is 4.61. The second-order valence-electron chi connectivity index (χ2n) is 8.50. The van der Waals surface area contributed by atoms with Gasteiger partial charge in [0.2, 0.25) is 5.91 Å². The Morgan fingerprint density at radius 3 is 2.72 bits per heavy atom. The van der Waals surface area contributed by atoms with Crippen molar-refractivity contribution in [1.29, 1.82) is 0 Å². The SMILES string of the molecule is COc1cccc(CN2Cc3cc(NC(=O)CC(C)(C)C)ccc3OCC2=O)c1. The molecule has 0 bridgehead atoms. The lowest BCUT2D eigenvalue weighted by Crippen LogP contribution is -2.31. The van der Waals surface area contributed by atoms with Crippen molar-refractivity contribution in [2.75, 3.05) is 19.0 Å². The summed E-state index contributed by atoms with van der Waals surface area (Å²) in [4.78, 5) is 26.6. The van der Waals surface area contributed by atoms with Crippen molar-refractivity contribution in [3.8, 4) is 11.5 Å². The Balaban J connectivity index is 1.76. The van der Waals surface area contributed by atoms with E-state index in [0.717, 1.165) is 16.9 Å². The number of carbonyl (C=O) groups excluding carboxylic acids is 2. The van der Waals surface area contributed by atoms with Gasteiger partial charge in [-0.1, -0.05) is 32.9 Å². The van der Waals surface area contributed by atoms with Crippen LogP contribution in [0.1, 0.15) is 38.3 Å². The lowest BCUT2D eigenvalue weighted by Gasteiger charge is -2.21. The maximum absolute atomic E-state index is 12.6. The summed E-state index contributed by atoms with van der Waals surface area (Å²) in [6.07, 6.45) is 0.432. The van der Waals surface area contributed by atoms with Gasteiger partial charge in [0, 0.05) is 30.8 Å². The molecule has 1 aliphatic rings. The number of benzene rings is 2. The van der Waals surface area contributed by atoms with Crippen LogP contribution in [-0.4, -0.2) is 30.4 Å². The number of rotatable bonds is 5. The summed E-state index contributed by atoms with van der Waals surface area (Å²) in [5.74, 6) is 1.31. The maximum Gasteiger partial charge on any atom is 0.261 e. The predicted molar refractivity (Wildman–Crippen MR) is 112 cm³/mol. The number of nitrogens with zero attached hydrogens (tertiary/aromatic N) is 1. The second kappa shape index (κ2) is 8.55. The van der Waals surface area contributed by atoms with Gasteiger partial charge in [0.15, 0.2) is 6.61 Å². The highest BCUT2D eigenvalue weighted by Crippen LogP contribution is 2.28. The van der Waals surface area contributed by atoms with Gasteiger partial charge in [0.25, 0.3) is 5.91 Å². The smallest absolute Gasteiger partial charge is 0.261 e. The Labute approximate surface area is 171 Å². The zero-order valence-corrected chi connectivity index (χ0v) is 17.5. The first-order chi connectivity index (χ1) is 13.7. The molecule has 0 radical (unpaired) electrons. The first kappa shape index (κ1) is 20.7. The summed E-state index contributed by atoms with van der Waals surface area (Å²) in [6.45, 7) is 6.94. The van der Waals surface area contributed by atoms with E-state index < -0.39 is 0 Å². The van der Waals surface area contributed by atoms with Crippen molar-refractivity contribution >= 4 is 17.5 Å². The molecule has 1 N–H and O–H groups in total. The molecule has 2 aromatic carbocycles. The summed E-state index contributed by atoms with van der Waals surface area (Å²) in [5, 5.41) is 2.95. The molecule has 29 heavy (non-hydrogen) atoms. The lowest BCUT2D eigenvalue weighted by atomic mass is 9.92. The van der Waals surface area contributed by atoms with E-state index in [1.807, 2.05) is 63.2 Å². The Bertz CT molecular complexity index is 902. The second-order valence-corrected chi connectivity index (χ2v) is 8.50. The third-order valence-electron chi connectivity index (χ3n) is 4.61. The number of carbonyl (C=O) groups is 2. The molecule has 1 aliphatic heterocycles. The molecule has 0 saturated heterocycles. The summed E-state index contributed by atoms with van der Waals surface area (Å²) in [7, 11) is 1.62. The molecule has 6 heteroatoms. The van der Waals surface area contributed by atoms with Crippen LogP contribution in [0.2, 0.25) is 0 Å². The third kappa shape index (κ3) is 5.73. The number of ether oxygens (including phenoxy) is 2. The largest absolute Gasteiger partial charge is 0.497 e. The van der Waals surface area contributed by atoms with Gasteiger partial charge in [-0.15, -0.1) is 0 Å². The number of hydrogen-bond donors (Lipinski definition) is 1. The molecule has 0 unspecified atom stereocenters. The Morgan fingerprint density at radius 2 is 2.00 bits per heavy atom. The zero-order chi connectivity index (χ0) is 21.0. The van der Waals surface area contributed by atoms with Crippen molar-refractivity contribution in [2.24, 2.45) is 5.41 Å². The van der Waals surface area contributed by atoms with Crippen molar-refractivity contribution in [2.45, 2.75) is 40.3 Å². The van der Waals surface area contributed by atoms with Crippen LogP contribution in [0.25, 0.3) is 0 Å². The van der Waals surface area contributed by atoms with E-state index in [1.54, 1.807) is 12.0 Å². The van der Waals surface area contributed by atoms with Crippen LogP contribution < -0.4 is 14.8 Å². The first-order valence-electron chi connectivity index (χ1n) is 9.70. The molecule has 0 aliphatic carbocycles. The molecule has 0 aromatic heterocycles. The molecule has 2 amide bonds. The summed E-state index contributed by atoms with van der Waals surface area (Å²) >= 11 is 0. The number of fused-ring (bicyclic) bond motifs is 1. The average Bonchev–Trinajstić information content (AvgIpc) is 2.79. The molecule has 0 saturated carbocycles. The van der Waals surface area contributed by atoms with E-state index in [0.29, 0.717) is 30.9 Å². The van der Waals surface area contributed by atoms with E-state index in [4.69, 9.17) is 9.47 Å². The number of hydrogen-bond acceptors (Lipinski definition) is 4. The molecule has 1 heterocycles. The quantitative estimate of drug-likeness (QED) is 0.830.